The maximum absolute atomic E-state index is 14.5. The van der Waals surface area contributed by atoms with Crippen LogP contribution in [0.4, 0.5) is 23.4 Å². The summed E-state index contributed by atoms with van der Waals surface area (Å²) in [7, 11) is -4.99. The molecule has 1 aliphatic heterocycles. The molecule has 1 aromatic heterocycles. The lowest BCUT2D eigenvalue weighted by Gasteiger charge is -2.39. The number of carbonyl (C=O) groups excluding carboxylic acids is 2. The number of benzene rings is 3. The highest BCUT2D eigenvalue weighted by Gasteiger charge is 2.47. The average Bonchev–Trinajstić information content (AvgIpc) is 3.43. The van der Waals surface area contributed by atoms with E-state index >= 15 is 0 Å². The van der Waals surface area contributed by atoms with Crippen molar-refractivity contribution >= 4 is 25.5 Å². The molecule has 5 rings (SSSR count). The number of fused-ring (bicyclic) bond motifs is 1. The second kappa shape index (κ2) is 13.6. The van der Waals surface area contributed by atoms with Gasteiger partial charge in [-0.05, 0) is 55.0 Å². The summed E-state index contributed by atoms with van der Waals surface area (Å²) in [6.45, 7) is 0.462. The Balaban J connectivity index is 1.74. The van der Waals surface area contributed by atoms with Crippen LogP contribution in [0.25, 0.3) is 5.69 Å². The standard InChI is InChI=1S/C31H27F4N6O6P/c1-18(37-17-36)26-25-24(19-10-12-22(32)13-11-19)27(38-28(42)20-6-5-7-21(16-20)31(33,34)35)30(43)40(14-15-47-48(44,45)46)29(25)41(39-26)23-8-3-2-4-9-23/h2-13,16,18,24,27,37H,14-15H2,1H3,(H,38,42)(H2,44,45,46)/t18-,24+,27+/m1/s1. The van der Waals surface area contributed by atoms with Crippen LogP contribution in [0.2, 0.25) is 0 Å². The minimum atomic E-state index is -4.99. The van der Waals surface area contributed by atoms with Gasteiger partial charge in [0, 0.05) is 17.0 Å². The van der Waals surface area contributed by atoms with Crippen LogP contribution in [0, 0.1) is 17.3 Å². The third kappa shape index (κ3) is 7.24. The molecule has 250 valence electrons. The minimum absolute atomic E-state index is 0.0981. The van der Waals surface area contributed by atoms with Gasteiger partial charge in [0.25, 0.3) is 11.8 Å². The van der Waals surface area contributed by atoms with Gasteiger partial charge in [-0.25, -0.2) is 13.6 Å². The molecule has 12 nitrogen and oxygen atoms in total. The van der Waals surface area contributed by atoms with Crippen LogP contribution >= 0.6 is 7.82 Å². The highest BCUT2D eigenvalue weighted by Crippen LogP contribution is 2.45. The molecule has 4 N–H and O–H groups in total. The lowest BCUT2D eigenvalue weighted by atomic mass is 9.80. The van der Waals surface area contributed by atoms with Gasteiger partial charge in [-0.3, -0.25) is 19.0 Å². The van der Waals surface area contributed by atoms with E-state index in [0.29, 0.717) is 17.3 Å². The van der Waals surface area contributed by atoms with Crippen molar-refractivity contribution in [3.8, 4) is 11.9 Å². The van der Waals surface area contributed by atoms with E-state index in [1.165, 1.54) is 16.8 Å². The van der Waals surface area contributed by atoms with Crippen LogP contribution < -0.4 is 15.5 Å². The number of nitrogens with one attached hydrogen (secondary N) is 2. The van der Waals surface area contributed by atoms with Crippen molar-refractivity contribution in [2.75, 3.05) is 18.1 Å². The first kappa shape index (κ1) is 34.3. The summed E-state index contributed by atoms with van der Waals surface area (Å²) < 4.78 is 72.1. The van der Waals surface area contributed by atoms with Crippen molar-refractivity contribution in [2.24, 2.45) is 0 Å². The molecule has 0 fully saturated rings. The molecule has 0 radical (unpaired) electrons. The van der Waals surface area contributed by atoms with Gasteiger partial charge in [-0.15, -0.1) is 0 Å². The van der Waals surface area contributed by atoms with Gasteiger partial charge in [0.2, 0.25) is 0 Å². The second-order valence-electron chi connectivity index (χ2n) is 10.7. The van der Waals surface area contributed by atoms with E-state index < -0.39 is 73.9 Å². The zero-order valence-electron chi connectivity index (χ0n) is 24.9. The van der Waals surface area contributed by atoms with Crippen LogP contribution in [0.1, 0.15) is 51.6 Å². The van der Waals surface area contributed by atoms with E-state index in [4.69, 9.17) is 5.10 Å². The fourth-order valence-electron chi connectivity index (χ4n) is 5.51. The molecule has 48 heavy (non-hydrogen) atoms. The number of para-hydroxylation sites is 1. The van der Waals surface area contributed by atoms with Crippen LogP contribution in [0.3, 0.4) is 0 Å². The van der Waals surface area contributed by atoms with E-state index in [1.54, 1.807) is 37.3 Å². The smallest absolute Gasteiger partial charge is 0.339 e. The van der Waals surface area contributed by atoms with Crippen molar-refractivity contribution in [1.82, 2.24) is 20.4 Å². The third-order valence-corrected chi connectivity index (χ3v) is 8.11. The predicted molar refractivity (Wildman–Crippen MR) is 162 cm³/mol. The Bertz CT molecular complexity index is 1910. The Kier molecular flexibility index (Phi) is 9.69. The molecule has 0 bridgehead atoms. The molecule has 0 spiro atoms. The molecule has 3 atom stereocenters. The molecule has 1 aliphatic rings. The number of phosphoric ester groups is 1. The lowest BCUT2D eigenvalue weighted by molar-refractivity contribution is -0.137. The van der Waals surface area contributed by atoms with Crippen LogP contribution in [0.15, 0.2) is 78.9 Å². The van der Waals surface area contributed by atoms with Crippen LogP contribution in [0.5, 0.6) is 0 Å². The van der Waals surface area contributed by atoms with E-state index in [0.717, 1.165) is 35.2 Å². The number of anilines is 1. The number of aromatic nitrogens is 2. The van der Waals surface area contributed by atoms with Gasteiger partial charge in [0.15, 0.2) is 6.19 Å². The topological polar surface area (TPSA) is 170 Å². The highest BCUT2D eigenvalue weighted by molar-refractivity contribution is 7.46. The van der Waals surface area contributed by atoms with Gasteiger partial charge in [-0.2, -0.15) is 23.5 Å². The molecule has 17 heteroatoms. The molecular formula is C31H27F4N6O6P. The Morgan fingerprint density at radius 3 is 2.42 bits per heavy atom. The Hall–Kier alpha value is -5.07. The average molecular weight is 687 g/mol. The van der Waals surface area contributed by atoms with E-state index in [1.807, 2.05) is 6.19 Å². The summed E-state index contributed by atoms with van der Waals surface area (Å²) in [5.74, 6) is -3.53. The second-order valence-corrected chi connectivity index (χ2v) is 12.0. The van der Waals surface area contributed by atoms with Crippen molar-refractivity contribution in [3.05, 3.63) is 113 Å². The van der Waals surface area contributed by atoms with Crippen LogP contribution in [-0.2, 0) is 20.1 Å². The van der Waals surface area contributed by atoms with E-state index in [9.17, 15) is 46.8 Å². The SMILES string of the molecule is C[C@@H](NC#N)c1nn(-c2ccccc2)c2c1[C@H](c1ccc(F)cc1)[C@H](NC(=O)c1cccc(C(F)(F)F)c1)C(=O)N2CCOP(=O)(O)O. The van der Waals surface area contributed by atoms with Crippen LogP contribution in [-0.4, -0.2) is 50.6 Å². The molecule has 2 heterocycles. The first-order valence-electron chi connectivity index (χ1n) is 14.3. The summed E-state index contributed by atoms with van der Waals surface area (Å²) in [6, 6.07) is 14.7. The van der Waals surface area contributed by atoms with Crippen molar-refractivity contribution in [3.63, 3.8) is 0 Å². The van der Waals surface area contributed by atoms with Gasteiger partial charge in [0.1, 0.15) is 17.7 Å². The molecular weight excluding hydrogens is 659 g/mol. The molecule has 0 saturated carbocycles. The first-order valence-corrected chi connectivity index (χ1v) is 15.8. The number of nitrogens with zero attached hydrogens (tertiary/aromatic N) is 4. The fourth-order valence-corrected chi connectivity index (χ4v) is 5.83. The Morgan fingerprint density at radius 2 is 1.79 bits per heavy atom. The molecule has 0 unspecified atom stereocenters. The summed E-state index contributed by atoms with van der Waals surface area (Å²) in [5, 5.41) is 19.3. The normalized spacial score (nSPS) is 17.0. The Labute approximate surface area is 270 Å². The minimum Gasteiger partial charge on any atom is -0.339 e. The molecule has 3 aromatic carbocycles. The van der Waals surface area contributed by atoms with Gasteiger partial charge in [0.05, 0.1) is 36.1 Å². The summed E-state index contributed by atoms with van der Waals surface area (Å²) in [6.07, 6.45) is -2.92. The van der Waals surface area contributed by atoms with E-state index in [-0.39, 0.29) is 17.1 Å². The number of amides is 2. The number of carbonyl (C=O) groups is 2. The summed E-state index contributed by atoms with van der Waals surface area (Å²) in [4.78, 5) is 47.8. The van der Waals surface area contributed by atoms with Crippen molar-refractivity contribution < 1.29 is 46.0 Å². The zero-order chi connectivity index (χ0) is 34.8. The fraction of sp³-hybridized carbons (Fsp3) is 0.226. The number of alkyl halides is 3. The Morgan fingerprint density at radius 1 is 1.10 bits per heavy atom. The maximum Gasteiger partial charge on any atom is 0.469 e. The van der Waals surface area contributed by atoms with Crippen molar-refractivity contribution in [1.29, 1.82) is 5.26 Å². The number of rotatable bonds is 10. The van der Waals surface area contributed by atoms with Gasteiger partial charge in [-0.1, -0.05) is 36.4 Å². The lowest BCUT2D eigenvalue weighted by Crippen LogP contribution is -2.56. The zero-order valence-corrected chi connectivity index (χ0v) is 25.8. The summed E-state index contributed by atoms with van der Waals surface area (Å²) in [5.41, 5.74) is -0.257. The largest absolute Gasteiger partial charge is 0.469 e. The maximum atomic E-state index is 14.5. The number of hydrogen-bond acceptors (Lipinski definition) is 7. The number of halogens is 4. The van der Waals surface area contributed by atoms with Gasteiger partial charge >= 0.3 is 14.0 Å². The third-order valence-electron chi connectivity index (χ3n) is 7.59. The number of nitriles is 1. The summed E-state index contributed by atoms with van der Waals surface area (Å²) >= 11 is 0. The molecule has 0 aliphatic carbocycles. The van der Waals surface area contributed by atoms with Gasteiger partial charge < -0.3 is 20.4 Å². The van der Waals surface area contributed by atoms with Crippen molar-refractivity contribution in [2.45, 2.75) is 31.1 Å². The quantitative estimate of drug-likeness (QED) is 0.0810. The molecule has 2 amide bonds. The predicted octanol–water partition coefficient (Wildman–Crippen LogP) is 4.55. The first-order chi connectivity index (χ1) is 22.7. The molecule has 0 saturated heterocycles. The van der Waals surface area contributed by atoms with E-state index in [2.05, 4.69) is 15.2 Å². The monoisotopic (exact) mass is 686 g/mol. The number of phosphoric acid groups is 1. The molecule has 4 aromatic rings. The number of hydrogen-bond donors (Lipinski definition) is 4. The highest BCUT2D eigenvalue weighted by atomic mass is 31.2.